The highest BCUT2D eigenvalue weighted by molar-refractivity contribution is 7.98. The maximum absolute atomic E-state index is 13.6. The lowest BCUT2D eigenvalue weighted by Crippen LogP contribution is -2.55. The van der Waals surface area contributed by atoms with Crippen molar-refractivity contribution in [3.63, 3.8) is 0 Å². The van der Waals surface area contributed by atoms with E-state index in [1.165, 1.54) is 29.8 Å². The lowest BCUT2D eigenvalue weighted by atomic mass is 9.92. The second-order valence-electron chi connectivity index (χ2n) is 8.61. The van der Waals surface area contributed by atoms with Gasteiger partial charge in [-0.25, -0.2) is 4.39 Å². The van der Waals surface area contributed by atoms with Crippen LogP contribution in [0.2, 0.25) is 0 Å². The molecule has 0 spiro atoms. The van der Waals surface area contributed by atoms with Crippen molar-refractivity contribution in [1.82, 2.24) is 5.32 Å². The van der Waals surface area contributed by atoms with Crippen molar-refractivity contribution < 1.29 is 14.0 Å². The Morgan fingerprint density at radius 3 is 2.08 bits per heavy atom. The predicted octanol–water partition coefficient (Wildman–Crippen LogP) is 6.69. The average Bonchev–Trinajstić information content (AvgIpc) is 3.28. The van der Waals surface area contributed by atoms with E-state index in [9.17, 15) is 14.0 Å². The Balaban J connectivity index is 1.49. The van der Waals surface area contributed by atoms with Gasteiger partial charge < -0.3 is 10.6 Å². The van der Waals surface area contributed by atoms with Crippen LogP contribution in [0, 0.1) is 5.82 Å². The molecule has 0 saturated heterocycles. The summed E-state index contributed by atoms with van der Waals surface area (Å²) < 4.78 is 13.3. The number of nitrogens with one attached hydrogen (secondary N) is 2. The largest absolute Gasteiger partial charge is 0.337 e. The number of hydrogen-bond donors (Lipinski definition) is 2. The number of thioether (sulfide) groups is 1. The summed E-state index contributed by atoms with van der Waals surface area (Å²) in [5, 5.41) is 5.87. The molecule has 1 aliphatic rings. The van der Waals surface area contributed by atoms with Crippen LogP contribution in [-0.2, 0) is 10.5 Å². The van der Waals surface area contributed by atoms with E-state index in [1.54, 1.807) is 23.9 Å². The van der Waals surface area contributed by atoms with Crippen LogP contribution in [0.5, 0.6) is 0 Å². The number of benzene rings is 3. The first-order valence-electron chi connectivity index (χ1n) is 11.6. The van der Waals surface area contributed by atoms with Gasteiger partial charge in [-0.1, -0.05) is 55.6 Å². The molecule has 0 unspecified atom stereocenters. The number of halogens is 1. The summed E-state index contributed by atoms with van der Waals surface area (Å²) >= 11 is 1.71. The van der Waals surface area contributed by atoms with E-state index in [0.717, 1.165) is 21.8 Å². The topological polar surface area (TPSA) is 58.2 Å². The van der Waals surface area contributed by atoms with Gasteiger partial charge in [-0.15, -0.1) is 11.8 Å². The highest BCUT2D eigenvalue weighted by atomic mass is 32.2. The first-order valence-corrected chi connectivity index (χ1v) is 12.5. The smallest absolute Gasteiger partial charge is 0.252 e. The zero-order chi connectivity index (χ0) is 25.5. The normalized spacial score (nSPS) is 14.2. The van der Waals surface area contributed by atoms with Gasteiger partial charge in [0, 0.05) is 34.7 Å². The average molecular weight is 499 g/mol. The van der Waals surface area contributed by atoms with Crippen molar-refractivity contribution in [3.8, 4) is 0 Å². The van der Waals surface area contributed by atoms with Gasteiger partial charge in [-0.05, 0) is 65.2 Å². The number of anilines is 1. The second kappa shape index (κ2) is 11.2. The van der Waals surface area contributed by atoms with Crippen LogP contribution in [0.15, 0.2) is 120 Å². The number of amides is 2. The zero-order valence-electron chi connectivity index (χ0n) is 19.8. The van der Waals surface area contributed by atoms with Crippen molar-refractivity contribution >= 4 is 29.3 Å². The first-order chi connectivity index (χ1) is 17.4. The van der Waals surface area contributed by atoms with Gasteiger partial charge in [0.25, 0.3) is 11.8 Å². The van der Waals surface area contributed by atoms with Crippen LogP contribution >= 0.6 is 11.8 Å². The minimum Gasteiger partial charge on any atom is -0.337 e. The van der Waals surface area contributed by atoms with Crippen molar-refractivity contribution in [2.24, 2.45) is 0 Å². The van der Waals surface area contributed by atoms with Gasteiger partial charge in [0.1, 0.15) is 11.4 Å². The monoisotopic (exact) mass is 498 g/mol. The molecule has 0 fully saturated rings. The Labute approximate surface area is 215 Å². The molecule has 0 heterocycles. The van der Waals surface area contributed by atoms with E-state index in [-0.39, 0.29) is 24.3 Å². The maximum atomic E-state index is 13.6. The van der Waals surface area contributed by atoms with Crippen LogP contribution < -0.4 is 10.6 Å². The molecule has 4 nitrogen and oxygen atoms in total. The van der Waals surface area contributed by atoms with E-state index in [2.05, 4.69) is 35.9 Å². The number of rotatable bonds is 9. The lowest BCUT2D eigenvalue weighted by Gasteiger charge is -2.30. The predicted molar refractivity (Wildman–Crippen MR) is 144 cm³/mol. The fourth-order valence-electron chi connectivity index (χ4n) is 4.17. The van der Waals surface area contributed by atoms with Crippen LogP contribution in [0.25, 0.3) is 0 Å². The third-order valence-electron chi connectivity index (χ3n) is 6.14. The van der Waals surface area contributed by atoms with E-state index in [1.807, 2.05) is 42.5 Å². The molecular formula is C30H27FN2O2S. The van der Waals surface area contributed by atoms with Crippen molar-refractivity contribution in [2.45, 2.75) is 29.0 Å². The molecule has 0 radical (unpaired) electrons. The molecule has 0 bridgehead atoms. The molecule has 6 heteroatoms. The molecule has 2 N–H and O–H groups in total. The number of carbonyl (C=O) groups excluding carboxylic acids is 2. The fraction of sp³-hybridized carbons (Fsp3) is 0.133. The third kappa shape index (κ3) is 5.83. The Morgan fingerprint density at radius 1 is 0.889 bits per heavy atom. The van der Waals surface area contributed by atoms with Gasteiger partial charge >= 0.3 is 0 Å². The summed E-state index contributed by atoms with van der Waals surface area (Å²) in [5.41, 5.74) is 2.63. The summed E-state index contributed by atoms with van der Waals surface area (Å²) in [6.45, 7) is 7.70. The highest BCUT2D eigenvalue weighted by Crippen LogP contribution is 2.37. The van der Waals surface area contributed by atoms with Gasteiger partial charge in [-0.3, -0.25) is 9.59 Å². The number of allylic oxidation sites excluding steroid dienone is 2. The Kier molecular flexibility index (Phi) is 7.86. The summed E-state index contributed by atoms with van der Waals surface area (Å²) in [6, 6.07) is 23.1. The molecule has 0 atom stereocenters. The second-order valence-corrected chi connectivity index (χ2v) is 9.66. The SMILES string of the molecule is C=CC1=C(C=C)CC(NC(=O)c2ccc(F)cc2)(C(=O)Nc2ccc(SCc3ccccc3)cc2)C1. The van der Waals surface area contributed by atoms with Gasteiger partial charge in [0.2, 0.25) is 0 Å². The van der Waals surface area contributed by atoms with E-state index in [4.69, 9.17) is 0 Å². The molecule has 0 aliphatic heterocycles. The number of hydrogen-bond acceptors (Lipinski definition) is 3. The molecule has 3 aromatic rings. The molecule has 4 rings (SSSR count). The summed E-state index contributed by atoms with van der Waals surface area (Å²) in [7, 11) is 0. The van der Waals surface area contributed by atoms with Crippen molar-refractivity contribution in [1.29, 1.82) is 0 Å². The standard InChI is InChI=1S/C30H27FN2O2S/c1-3-22-18-30(19-23(22)4-2,33-28(34)24-10-12-25(31)13-11-24)29(35)32-26-14-16-27(17-15-26)36-20-21-8-6-5-7-9-21/h3-17H,1-2,18-20H2,(H,32,35)(H,33,34). The van der Waals surface area contributed by atoms with Gasteiger partial charge in [0.05, 0.1) is 0 Å². The molecule has 3 aromatic carbocycles. The lowest BCUT2D eigenvalue weighted by molar-refractivity contribution is -0.121. The summed E-state index contributed by atoms with van der Waals surface area (Å²) in [5.74, 6) is -0.369. The molecule has 36 heavy (non-hydrogen) atoms. The van der Waals surface area contributed by atoms with Crippen LogP contribution in [0.1, 0.15) is 28.8 Å². The third-order valence-corrected chi connectivity index (χ3v) is 7.23. The van der Waals surface area contributed by atoms with Crippen molar-refractivity contribution in [2.75, 3.05) is 5.32 Å². The van der Waals surface area contributed by atoms with E-state index >= 15 is 0 Å². The Hall–Kier alpha value is -3.90. The van der Waals surface area contributed by atoms with Crippen molar-refractivity contribution in [3.05, 3.63) is 132 Å². The zero-order valence-corrected chi connectivity index (χ0v) is 20.6. The highest BCUT2D eigenvalue weighted by Gasteiger charge is 2.45. The fourth-order valence-corrected chi connectivity index (χ4v) is 5.02. The maximum Gasteiger partial charge on any atom is 0.252 e. The van der Waals surface area contributed by atoms with Crippen LogP contribution in [0.3, 0.4) is 0 Å². The molecular weight excluding hydrogens is 471 g/mol. The van der Waals surface area contributed by atoms with Crippen LogP contribution in [-0.4, -0.2) is 17.4 Å². The minimum atomic E-state index is -1.22. The summed E-state index contributed by atoms with van der Waals surface area (Å²) in [6.07, 6.45) is 3.94. The Morgan fingerprint density at radius 2 is 1.50 bits per heavy atom. The molecule has 182 valence electrons. The Bertz CT molecular complexity index is 1280. The molecule has 0 saturated carbocycles. The van der Waals surface area contributed by atoms with Crippen LogP contribution in [0.4, 0.5) is 10.1 Å². The minimum absolute atomic E-state index is 0.274. The first kappa shape index (κ1) is 25.2. The molecule has 1 aliphatic carbocycles. The molecule has 0 aromatic heterocycles. The van der Waals surface area contributed by atoms with E-state index in [0.29, 0.717) is 5.69 Å². The molecule has 2 amide bonds. The van der Waals surface area contributed by atoms with E-state index < -0.39 is 17.3 Å². The quantitative estimate of drug-likeness (QED) is 0.323. The van der Waals surface area contributed by atoms with Gasteiger partial charge in [0.15, 0.2) is 0 Å². The summed E-state index contributed by atoms with van der Waals surface area (Å²) in [4.78, 5) is 27.7. The van der Waals surface area contributed by atoms with Gasteiger partial charge in [-0.2, -0.15) is 0 Å². The number of carbonyl (C=O) groups is 2.